The molecule has 8 heteroatoms. The van der Waals surface area contributed by atoms with Crippen LogP contribution in [0.3, 0.4) is 0 Å². The van der Waals surface area contributed by atoms with Gasteiger partial charge < -0.3 is 29.6 Å². The number of nitrogens with one attached hydrogen (secondary N) is 2. The van der Waals surface area contributed by atoms with Crippen LogP contribution in [0.4, 0.5) is 10.7 Å². The van der Waals surface area contributed by atoms with Crippen molar-refractivity contribution in [2.45, 2.75) is 32.0 Å². The van der Waals surface area contributed by atoms with Crippen LogP contribution >= 0.6 is 0 Å². The van der Waals surface area contributed by atoms with E-state index in [4.69, 9.17) is 4.42 Å². The Morgan fingerprint density at radius 2 is 2.25 bits per heavy atom. The second-order valence-electron chi connectivity index (χ2n) is 6.00. The predicted molar refractivity (Wildman–Crippen MR) is 90.7 cm³/mol. The molecule has 0 bridgehead atoms. The maximum absolute atomic E-state index is 12.0. The molecular weight excluding hydrogens is 310 g/mol. The predicted octanol–water partition coefficient (Wildman–Crippen LogP) is 1.39. The molecule has 0 saturated carbocycles. The number of imidazole rings is 1. The first kappa shape index (κ1) is 17.9. The zero-order valence-electron chi connectivity index (χ0n) is 14.5. The van der Waals surface area contributed by atoms with Gasteiger partial charge in [-0.15, -0.1) is 0 Å². The average molecular weight is 335 g/mol. The molecule has 0 aliphatic heterocycles. The van der Waals surface area contributed by atoms with Gasteiger partial charge in [-0.3, -0.25) is 0 Å². The Morgan fingerprint density at radius 3 is 2.83 bits per heavy atom. The second kappa shape index (κ2) is 7.87. The number of amides is 2. The van der Waals surface area contributed by atoms with Gasteiger partial charge in [0.1, 0.15) is 11.9 Å². The number of urea groups is 1. The quantitative estimate of drug-likeness (QED) is 0.711. The van der Waals surface area contributed by atoms with E-state index in [1.54, 1.807) is 18.3 Å². The van der Waals surface area contributed by atoms with Crippen LogP contribution in [0.25, 0.3) is 0 Å². The highest BCUT2D eigenvalue weighted by molar-refractivity contribution is 5.74. The lowest BCUT2D eigenvalue weighted by atomic mass is 10.1. The molecule has 2 heterocycles. The maximum atomic E-state index is 12.0. The fourth-order valence-electron chi connectivity index (χ4n) is 2.45. The van der Waals surface area contributed by atoms with E-state index in [1.807, 2.05) is 37.5 Å². The molecule has 3 N–H and O–H groups in total. The van der Waals surface area contributed by atoms with E-state index in [0.29, 0.717) is 18.7 Å². The third-order valence-corrected chi connectivity index (χ3v) is 3.72. The van der Waals surface area contributed by atoms with Gasteiger partial charge in [0.15, 0.2) is 0 Å². The third-order valence-electron chi connectivity index (χ3n) is 3.72. The molecule has 8 nitrogen and oxygen atoms in total. The average Bonchev–Trinajstić information content (AvgIpc) is 3.14. The Hall–Kier alpha value is -2.48. The molecule has 0 aliphatic rings. The van der Waals surface area contributed by atoms with Crippen molar-refractivity contribution in [1.29, 1.82) is 0 Å². The lowest BCUT2D eigenvalue weighted by Gasteiger charge is -2.17. The van der Waals surface area contributed by atoms with E-state index >= 15 is 0 Å². The van der Waals surface area contributed by atoms with Gasteiger partial charge >= 0.3 is 6.03 Å². The van der Waals surface area contributed by atoms with Crippen molar-refractivity contribution in [3.63, 3.8) is 0 Å². The Kier molecular flexibility index (Phi) is 5.86. The molecule has 0 radical (unpaired) electrons. The number of aliphatic hydroxyl groups excluding tert-OH is 1. The second-order valence-corrected chi connectivity index (χ2v) is 6.00. The van der Waals surface area contributed by atoms with Crippen LogP contribution in [0.5, 0.6) is 0 Å². The summed E-state index contributed by atoms with van der Waals surface area (Å²) >= 11 is 0. The summed E-state index contributed by atoms with van der Waals surface area (Å²) in [6.07, 6.45) is 2.88. The number of hydrogen-bond donors (Lipinski definition) is 3. The summed E-state index contributed by atoms with van der Waals surface area (Å²) in [6.45, 7) is 2.20. The number of rotatable bonds is 7. The standard InChI is InChI=1S/C16H25N5O3/c1-11(8-13(22)14-6-5-7-24-14)19-15(23)17-9-12-10-18-16(20(2)3)21(12)4/h5-7,10-11,13,22H,8-9H2,1-4H3,(H2,17,19,23)/t11-,13-/m1/s1. The van der Waals surface area contributed by atoms with Crippen molar-refractivity contribution >= 4 is 12.0 Å². The van der Waals surface area contributed by atoms with Gasteiger partial charge in [0.25, 0.3) is 0 Å². The molecule has 0 aliphatic carbocycles. The van der Waals surface area contributed by atoms with Gasteiger partial charge in [-0.2, -0.15) is 0 Å². The van der Waals surface area contributed by atoms with E-state index in [2.05, 4.69) is 15.6 Å². The lowest BCUT2D eigenvalue weighted by molar-refractivity contribution is 0.129. The fourth-order valence-corrected chi connectivity index (χ4v) is 2.45. The van der Waals surface area contributed by atoms with E-state index < -0.39 is 6.10 Å². The van der Waals surface area contributed by atoms with Gasteiger partial charge in [-0.05, 0) is 19.1 Å². The normalized spacial score (nSPS) is 13.4. The zero-order chi connectivity index (χ0) is 17.7. The summed E-state index contributed by atoms with van der Waals surface area (Å²) < 4.78 is 7.07. The zero-order valence-corrected chi connectivity index (χ0v) is 14.5. The van der Waals surface area contributed by atoms with Gasteiger partial charge in [0, 0.05) is 33.6 Å². The number of aromatic nitrogens is 2. The minimum atomic E-state index is -0.741. The summed E-state index contributed by atoms with van der Waals surface area (Å²) in [7, 11) is 5.73. The first-order chi connectivity index (χ1) is 11.4. The van der Waals surface area contributed by atoms with E-state index in [1.165, 1.54) is 6.26 Å². The molecule has 2 amide bonds. The molecule has 0 unspecified atom stereocenters. The summed E-state index contributed by atoms with van der Waals surface area (Å²) in [4.78, 5) is 18.2. The fraction of sp³-hybridized carbons (Fsp3) is 0.500. The van der Waals surface area contributed by atoms with Crippen molar-refractivity contribution in [3.05, 3.63) is 36.0 Å². The van der Waals surface area contributed by atoms with E-state index in [9.17, 15) is 9.90 Å². The van der Waals surface area contributed by atoms with E-state index in [0.717, 1.165) is 11.6 Å². The topological polar surface area (TPSA) is 95.6 Å². The number of aliphatic hydroxyl groups is 1. The van der Waals surface area contributed by atoms with Crippen LogP contribution in [0.1, 0.15) is 30.9 Å². The minimum absolute atomic E-state index is 0.200. The van der Waals surface area contributed by atoms with Crippen LogP contribution in [0.2, 0.25) is 0 Å². The van der Waals surface area contributed by atoms with Crippen molar-refractivity contribution < 1.29 is 14.3 Å². The number of nitrogens with zero attached hydrogens (tertiary/aromatic N) is 3. The van der Waals surface area contributed by atoms with Crippen molar-refractivity contribution in [2.24, 2.45) is 7.05 Å². The lowest BCUT2D eigenvalue weighted by Crippen LogP contribution is -2.41. The van der Waals surface area contributed by atoms with Gasteiger partial charge in [-0.1, -0.05) is 0 Å². The van der Waals surface area contributed by atoms with E-state index in [-0.39, 0.29) is 12.1 Å². The minimum Gasteiger partial charge on any atom is -0.467 e. The molecule has 0 spiro atoms. The summed E-state index contributed by atoms with van der Waals surface area (Å²) in [5, 5.41) is 15.6. The molecule has 132 valence electrons. The molecule has 2 rings (SSSR count). The van der Waals surface area contributed by atoms with Crippen molar-refractivity contribution in [2.75, 3.05) is 19.0 Å². The summed E-state index contributed by atoms with van der Waals surface area (Å²) in [5.41, 5.74) is 0.900. The number of carbonyl (C=O) groups excluding carboxylic acids is 1. The number of hydrogen-bond acceptors (Lipinski definition) is 5. The van der Waals surface area contributed by atoms with Crippen LogP contribution in [-0.4, -0.2) is 40.8 Å². The van der Waals surface area contributed by atoms with Crippen LogP contribution in [-0.2, 0) is 13.6 Å². The molecular formula is C16H25N5O3. The van der Waals surface area contributed by atoms with Gasteiger partial charge in [0.2, 0.25) is 5.95 Å². The number of anilines is 1. The Labute approximate surface area is 141 Å². The molecule has 0 aromatic carbocycles. The SMILES string of the molecule is C[C@H](C[C@@H](O)c1ccco1)NC(=O)NCc1cnc(N(C)C)n1C. The van der Waals surface area contributed by atoms with Crippen molar-refractivity contribution in [1.82, 2.24) is 20.2 Å². The molecule has 0 saturated heterocycles. The molecule has 2 aromatic heterocycles. The largest absolute Gasteiger partial charge is 0.467 e. The van der Waals surface area contributed by atoms with Crippen molar-refractivity contribution in [3.8, 4) is 0 Å². The van der Waals surface area contributed by atoms with Gasteiger partial charge in [0.05, 0.1) is 24.7 Å². The van der Waals surface area contributed by atoms with Gasteiger partial charge in [-0.25, -0.2) is 9.78 Å². The Balaban J connectivity index is 1.78. The molecule has 2 atom stereocenters. The highest BCUT2D eigenvalue weighted by atomic mass is 16.4. The maximum Gasteiger partial charge on any atom is 0.315 e. The van der Waals surface area contributed by atoms with Crippen LogP contribution in [0.15, 0.2) is 29.0 Å². The molecule has 2 aromatic rings. The Bertz CT molecular complexity index is 651. The monoisotopic (exact) mass is 335 g/mol. The highest BCUT2D eigenvalue weighted by Crippen LogP contribution is 2.18. The van der Waals surface area contributed by atoms with Crippen LogP contribution < -0.4 is 15.5 Å². The number of carbonyl (C=O) groups is 1. The smallest absolute Gasteiger partial charge is 0.315 e. The molecule has 24 heavy (non-hydrogen) atoms. The first-order valence-electron chi connectivity index (χ1n) is 7.82. The number of furan rings is 1. The Morgan fingerprint density at radius 1 is 1.50 bits per heavy atom. The third kappa shape index (κ3) is 4.51. The molecule has 0 fully saturated rings. The highest BCUT2D eigenvalue weighted by Gasteiger charge is 2.16. The first-order valence-corrected chi connectivity index (χ1v) is 7.82. The summed E-state index contributed by atoms with van der Waals surface area (Å²) in [6, 6.07) is 2.94. The van der Waals surface area contributed by atoms with Crippen LogP contribution in [0, 0.1) is 0 Å². The summed E-state index contributed by atoms with van der Waals surface area (Å²) in [5.74, 6) is 1.32.